The molecule has 0 saturated carbocycles. The third-order valence-corrected chi connectivity index (χ3v) is 4.68. The van der Waals surface area contributed by atoms with Crippen molar-refractivity contribution in [2.45, 2.75) is 38.5 Å². The summed E-state index contributed by atoms with van der Waals surface area (Å²) in [4.78, 5) is 18.7. The van der Waals surface area contributed by atoms with E-state index in [1.165, 1.54) is 25.7 Å². The van der Waals surface area contributed by atoms with Gasteiger partial charge in [-0.15, -0.1) is 0 Å². The number of rotatable bonds is 5. The lowest BCUT2D eigenvalue weighted by Gasteiger charge is -2.28. The quantitative estimate of drug-likeness (QED) is 0.877. The summed E-state index contributed by atoms with van der Waals surface area (Å²) < 4.78 is 0. The van der Waals surface area contributed by atoms with Crippen LogP contribution < -0.4 is 15.5 Å². The Morgan fingerprint density at radius 1 is 1.32 bits per heavy atom. The fraction of sp³-hybridized carbons (Fsp3) is 0.647. The molecular weight excluding hydrogens is 276 g/mol. The molecule has 1 unspecified atom stereocenters. The number of hydrogen-bond donors (Lipinski definition) is 2. The molecule has 0 aromatic carbocycles. The third kappa shape index (κ3) is 4.19. The van der Waals surface area contributed by atoms with Crippen LogP contribution >= 0.6 is 0 Å². The van der Waals surface area contributed by atoms with Crippen LogP contribution in [0.15, 0.2) is 18.3 Å². The number of pyridine rings is 1. The van der Waals surface area contributed by atoms with E-state index in [1.807, 2.05) is 12.3 Å². The SMILES string of the molecule is O=C(CCC1CCNC1)Nc1ccc(N2CCCCC2)cn1. The molecule has 2 saturated heterocycles. The Balaban J connectivity index is 1.46. The maximum absolute atomic E-state index is 12.0. The van der Waals surface area contributed by atoms with E-state index < -0.39 is 0 Å². The molecular formula is C17H26N4O. The predicted octanol–water partition coefficient (Wildman–Crippen LogP) is 2.40. The highest BCUT2D eigenvalue weighted by molar-refractivity contribution is 5.89. The molecule has 2 fully saturated rings. The van der Waals surface area contributed by atoms with E-state index in [1.54, 1.807) is 0 Å². The van der Waals surface area contributed by atoms with E-state index in [-0.39, 0.29) is 5.91 Å². The number of anilines is 2. The van der Waals surface area contributed by atoms with Crippen LogP contribution in [0.3, 0.4) is 0 Å². The molecule has 5 nitrogen and oxygen atoms in total. The van der Waals surface area contributed by atoms with Crippen molar-refractivity contribution in [3.63, 3.8) is 0 Å². The molecule has 2 aliphatic rings. The molecule has 120 valence electrons. The van der Waals surface area contributed by atoms with Gasteiger partial charge in [-0.1, -0.05) is 0 Å². The minimum absolute atomic E-state index is 0.0742. The van der Waals surface area contributed by atoms with E-state index in [9.17, 15) is 4.79 Å². The molecule has 2 N–H and O–H groups in total. The summed E-state index contributed by atoms with van der Waals surface area (Å²) in [6.45, 7) is 4.37. The summed E-state index contributed by atoms with van der Waals surface area (Å²) in [7, 11) is 0. The Morgan fingerprint density at radius 2 is 2.18 bits per heavy atom. The molecule has 3 rings (SSSR count). The predicted molar refractivity (Wildman–Crippen MR) is 89.1 cm³/mol. The van der Waals surface area contributed by atoms with Crippen LogP contribution in [0.5, 0.6) is 0 Å². The highest BCUT2D eigenvalue weighted by Crippen LogP contribution is 2.20. The van der Waals surface area contributed by atoms with Gasteiger partial charge in [0.25, 0.3) is 0 Å². The fourth-order valence-corrected chi connectivity index (χ4v) is 3.30. The van der Waals surface area contributed by atoms with Crippen molar-refractivity contribution in [2.75, 3.05) is 36.4 Å². The summed E-state index contributed by atoms with van der Waals surface area (Å²) in [5, 5.41) is 6.24. The third-order valence-electron chi connectivity index (χ3n) is 4.68. The lowest BCUT2D eigenvalue weighted by Crippen LogP contribution is -2.29. The van der Waals surface area contributed by atoms with Gasteiger partial charge in [0.15, 0.2) is 0 Å². The van der Waals surface area contributed by atoms with Crippen LogP contribution in [-0.2, 0) is 4.79 Å². The minimum Gasteiger partial charge on any atom is -0.370 e. The number of nitrogens with one attached hydrogen (secondary N) is 2. The van der Waals surface area contributed by atoms with Crippen LogP contribution in [0, 0.1) is 5.92 Å². The number of aromatic nitrogens is 1. The van der Waals surface area contributed by atoms with Gasteiger partial charge in [0.2, 0.25) is 5.91 Å². The summed E-state index contributed by atoms with van der Waals surface area (Å²) in [6, 6.07) is 3.98. The Hall–Kier alpha value is -1.62. The molecule has 2 aliphatic heterocycles. The zero-order chi connectivity index (χ0) is 15.2. The van der Waals surface area contributed by atoms with Crippen molar-refractivity contribution in [3.8, 4) is 0 Å². The molecule has 1 aromatic heterocycles. The van der Waals surface area contributed by atoms with Crippen LogP contribution in [0.1, 0.15) is 38.5 Å². The van der Waals surface area contributed by atoms with E-state index >= 15 is 0 Å². The van der Waals surface area contributed by atoms with Gasteiger partial charge in [-0.2, -0.15) is 0 Å². The molecule has 3 heterocycles. The molecule has 0 bridgehead atoms. The first-order valence-corrected chi connectivity index (χ1v) is 8.53. The number of carbonyl (C=O) groups excluding carboxylic acids is 1. The zero-order valence-electron chi connectivity index (χ0n) is 13.2. The lowest BCUT2D eigenvalue weighted by atomic mass is 10.0. The van der Waals surface area contributed by atoms with Gasteiger partial charge in [0, 0.05) is 19.5 Å². The number of carbonyl (C=O) groups is 1. The van der Waals surface area contributed by atoms with Gasteiger partial charge in [-0.25, -0.2) is 4.98 Å². The molecule has 0 radical (unpaired) electrons. The number of amides is 1. The Labute approximate surface area is 132 Å². The number of piperidine rings is 1. The van der Waals surface area contributed by atoms with Crippen molar-refractivity contribution in [1.29, 1.82) is 0 Å². The molecule has 1 aromatic rings. The van der Waals surface area contributed by atoms with Gasteiger partial charge >= 0.3 is 0 Å². The summed E-state index contributed by atoms with van der Waals surface area (Å²) >= 11 is 0. The average molecular weight is 302 g/mol. The molecule has 0 spiro atoms. The van der Waals surface area contributed by atoms with Crippen molar-refractivity contribution < 1.29 is 4.79 Å². The van der Waals surface area contributed by atoms with E-state index in [2.05, 4.69) is 26.6 Å². The second-order valence-electron chi connectivity index (χ2n) is 6.40. The van der Waals surface area contributed by atoms with Gasteiger partial charge in [0.05, 0.1) is 11.9 Å². The normalized spacial score (nSPS) is 21.8. The highest BCUT2D eigenvalue weighted by Gasteiger charge is 2.16. The van der Waals surface area contributed by atoms with E-state index in [0.29, 0.717) is 18.2 Å². The minimum atomic E-state index is 0.0742. The van der Waals surface area contributed by atoms with Crippen molar-refractivity contribution in [1.82, 2.24) is 10.3 Å². The first-order valence-electron chi connectivity index (χ1n) is 8.53. The largest absolute Gasteiger partial charge is 0.370 e. The monoisotopic (exact) mass is 302 g/mol. The molecule has 5 heteroatoms. The smallest absolute Gasteiger partial charge is 0.225 e. The van der Waals surface area contributed by atoms with E-state index in [4.69, 9.17) is 0 Å². The zero-order valence-corrected chi connectivity index (χ0v) is 13.2. The Morgan fingerprint density at radius 3 is 2.86 bits per heavy atom. The summed E-state index contributed by atoms with van der Waals surface area (Å²) in [6.07, 6.45) is 8.46. The van der Waals surface area contributed by atoms with Gasteiger partial charge in [0.1, 0.15) is 5.82 Å². The molecule has 22 heavy (non-hydrogen) atoms. The average Bonchev–Trinajstić information content (AvgIpc) is 3.08. The van der Waals surface area contributed by atoms with Crippen LogP contribution in [0.25, 0.3) is 0 Å². The van der Waals surface area contributed by atoms with Gasteiger partial charge < -0.3 is 15.5 Å². The lowest BCUT2D eigenvalue weighted by molar-refractivity contribution is -0.116. The standard InChI is InChI=1S/C17H26N4O/c22-17(7-4-14-8-9-18-12-14)20-16-6-5-15(13-19-16)21-10-2-1-3-11-21/h5-6,13-14,18H,1-4,7-12H2,(H,19,20,22). The van der Waals surface area contributed by atoms with Crippen LogP contribution in [-0.4, -0.2) is 37.1 Å². The first-order chi connectivity index (χ1) is 10.8. The second kappa shape index (κ2) is 7.58. The molecule has 1 atom stereocenters. The van der Waals surface area contributed by atoms with Crippen molar-refractivity contribution in [2.24, 2.45) is 5.92 Å². The number of nitrogens with zero attached hydrogens (tertiary/aromatic N) is 2. The Bertz CT molecular complexity index is 476. The maximum Gasteiger partial charge on any atom is 0.225 e. The Kier molecular flexibility index (Phi) is 5.27. The molecule has 1 amide bonds. The van der Waals surface area contributed by atoms with Gasteiger partial charge in [-0.05, 0) is 63.2 Å². The van der Waals surface area contributed by atoms with Crippen LogP contribution in [0.4, 0.5) is 11.5 Å². The van der Waals surface area contributed by atoms with Crippen LogP contribution in [0.2, 0.25) is 0 Å². The maximum atomic E-state index is 12.0. The summed E-state index contributed by atoms with van der Waals surface area (Å²) in [5.74, 6) is 1.39. The van der Waals surface area contributed by atoms with E-state index in [0.717, 1.165) is 38.3 Å². The molecule has 0 aliphatic carbocycles. The second-order valence-corrected chi connectivity index (χ2v) is 6.40. The highest BCUT2D eigenvalue weighted by atomic mass is 16.1. The topological polar surface area (TPSA) is 57.3 Å². The summed E-state index contributed by atoms with van der Waals surface area (Å²) in [5.41, 5.74) is 1.16. The van der Waals surface area contributed by atoms with Crippen molar-refractivity contribution in [3.05, 3.63) is 18.3 Å². The first kappa shape index (κ1) is 15.3. The number of hydrogen-bond acceptors (Lipinski definition) is 4. The van der Waals surface area contributed by atoms with Crippen molar-refractivity contribution >= 4 is 17.4 Å². The van der Waals surface area contributed by atoms with Gasteiger partial charge in [-0.3, -0.25) is 4.79 Å². The fourth-order valence-electron chi connectivity index (χ4n) is 3.30.